The number of ketones is 1. The molecule has 0 aliphatic carbocycles. The van der Waals surface area contributed by atoms with E-state index >= 15 is 0 Å². The molecule has 0 atom stereocenters. The second-order valence-corrected chi connectivity index (χ2v) is 15.6. The molecule has 0 saturated carbocycles. The summed E-state index contributed by atoms with van der Waals surface area (Å²) >= 11 is 0. The van der Waals surface area contributed by atoms with Crippen molar-refractivity contribution in [1.82, 2.24) is 19.1 Å². The summed E-state index contributed by atoms with van der Waals surface area (Å²) in [6.07, 6.45) is 9.98. The Balaban J connectivity index is 0.000000202. The zero-order valence-electron chi connectivity index (χ0n) is 40.0. The highest BCUT2D eigenvalue weighted by Crippen LogP contribution is 2.32. The molecule has 0 fully saturated rings. The Morgan fingerprint density at radius 3 is 1.18 bits per heavy atom. The molecule has 0 saturated heterocycles. The number of hydrogen-bond acceptors (Lipinski definition) is 13. The number of ether oxygens (including phenoxy) is 8. The number of nitrogens with zero attached hydrogens (tertiary/aromatic N) is 4. The summed E-state index contributed by atoms with van der Waals surface area (Å²) in [5.41, 5.74) is 11.5. The Hall–Kier alpha value is -8.92. The maximum Gasteiger partial charge on any atom is 0.323 e. The van der Waals surface area contributed by atoms with Gasteiger partial charge >= 0.3 is 5.97 Å². The third-order valence-electron chi connectivity index (χ3n) is 10.4. The molecule has 0 radical (unpaired) electrons. The number of rotatable bonds is 22. The van der Waals surface area contributed by atoms with Gasteiger partial charge in [0.25, 0.3) is 0 Å². The fourth-order valence-electron chi connectivity index (χ4n) is 6.59. The van der Waals surface area contributed by atoms with Crippen LogP contribution in [0.3, 0.4) is 0 Å². The summed E-state index contributed by atoms with van der Waals surface area (Å²) in [5.74, 6) is 4.89. The number of benzene rings is 6. The van der Waals surface area contributed by atoms with Crippen molar-refractivity contribution in [1.29, 1.82) is 0 Å². The number of carbonyl (C=O) groups excluding carboxylic acids is 1. The van der Waals surface area contributed by atoms with E-state index < -0.39 is 5.97 Å². The third-order valence-corrected chi connectivity index (χ3v) is 10.4. The average molecular weight is 964 g/mol. The lowest BCUT2D eigenvalue weighted by atomic mass is 10.1. The number of imidazole rings is 2. The van der Waals surface area contributed by atoms with E-state index in [1.54, 1.807) is 76.3 Å². The number of aliphatic carboxylic acids is 1. The lowest BCUT2D eigenvalue weighted by Crippen LogP contribution is -2.11. The van der Waals surface area contributed by atoms with E-state index in [9.17, 15) is 9.59 Å². The zero-order valence-corrected chi connectivity index (χ0v) is 40.0. The van der Waals surface area contributed by atoms with Gasteiger partial charge in [0, 0.05) is 43.0 Å². The standard InChI is InChI=1S/C28H28N2O5.C22H23NO4.C5H6N2O2/c1-32-25-8-3-21(4-9-25)18-34-27-12-7-23(15-24(31)17-30-14-13-29-20-30)16-28(27)35-19-22-5-10-26(33-2)11-6-22;1-24-19-8-3-16(4-9-19)14-26-21-12-7-18(23)13-22(21)27-15-17-5-10-20(25-2)11-6-17;8-5(9)3-7-2-1-6-4-7/h3-14,16,20H,15,17-19H2,1-2H3;3-13H,14-15,23H2,1-2H3;1-2,4H,3H2,(H,8,9). The summed E-state index contributed by atoms with van der Waals surface area (Å²) < 4.78 is 48.1. The van der Waals surface area contributed by atoms with Gasteiger partial charge in [-0.3, -0.25) is 9.59 Å². The number of carbonyl (C=O) groups is 2. The van der Waals surface area contributed by atoms with Gasteiger partial charge in [-0.15, -0.1) is 0 Å². The summed E-state index contributed by atoms with van der Waals surface area (Å²) in [6, 6.07) is 41.9. The van der Waals surface area contributed by atoms with Gasteiger partial charge in [-0.05, 0) is 101 Å². The third kappa shape index (κ3) is 17.3. The number of carboxylic acid groups (broad SMARTS) is 1. The first-order valence-corrected chi connectivity index (χ1v) is 22.3. The van der Waals surface area contributed by atoms with Gasteiger partial charge in [-0.1, -0.05) is 54.6 Å². The Morgan fingerprint density at radius 2 is 0.817 bits per heavy atom. The lowest BCUT2D eigenvalue weighted by molar-refractivity contribution is -0.137. The maximum absolute atomic E-state index is 12.5. The fourth-order valence-corrected chi connectivity index (χ4v) is 6.59. The van der Waals surface area contributed by atoms with E-state index in [0.29, 0.717) is 55.1 Å². The molecule has 16 heteroatoms. The number of carboxylic acids is 1. The molecule has 0 aliphatic heterocycles. The van der Waals surface area contributed by atoms with Gasteiger partial charge < -0.3 is 57.9 Å². The second kappa shape index (κ2) is 27.2. The quantitative estimate of drug-likeness (QED) is 0.0611. The molecule has 71 heavy (non-hydrogen) atoms. The first-order chi connectivity index (χ1) is 34.6. The largest absolute Gasteiger partial charge is 0.497 e. The minimum atomic E-state index is -0.854. The summed E-state index contributed by atoms with van der Waals surface area (Å²) in [5, 5.41) is 8.24. The van der Waals surface area contributed by atoms with Gasteiger partial charge in [0.05, 0.1) is 47.6 Å². The monoisotopic (exact) mass is 963 g/mol. The molecule has 0 spiro atoms. The van der Waals surface area contributed by atoms with Crippen LogP contribution in [0.5, 0.6) is 46.0 Å². The van der Waals surface area contributed by atoms with E-state index in [4.69, 9.17) is 48.7 Å². The van der Waals surface area contributed by atoms with Crippen LogP contribution in [0.15, 0.2) is 171 Å². The number of hydrogen-bond donors (Lipinski definition) is 2. The van der Waals surface area contributed by atoms with Crippen LogP contribution in [0.2, 0.25) is 0 Å². The number of nitrogens with two attached hydrogens (primary N) is 1. The van der Waals surface area contributed by atoms with Crippen molar-refractivity contribution in [2.75, 3.05) is 34.2 Å². The van der Waals surface area contributed by atoms with Gasteiger partial charge in [-0.2, -0.15) is 0 Å². The van der Waals surface area contributed by atoms with Crippen molar-refractivity contribution < 1.29 is 52.6 Å². The molecule has 368 valence electrons. The summed E-state index contributed by atoms with van der Waals surface area (Å²) in [6.45, 7) is 1.83. The molecular weight excluding hydrogens is 907 g/mol. The first kappa shape index (κ1) is 51.5. The molecule has 2 heterocycles. The van der Waals surface area contributed by atoms with Gasteiger partial charge in [0.2, 0.25) is 0 Å². The van der Waals surface area contributed by atoms with Crippen LogP contribution in [-0.2, 0) is 55.5 Å². The molecule has 8 aromatic rings. The van der Waals surface area contributed by atoms with Crippen molar-refractivity contribution in [2.24, 2.45) is 0 Å². The Kier molecular flexibility index (Phi) is 19.7. The Bertz CT molecular complexity index is 2820. The van der Waals surface area contributed by atoms with Crippen LogP contribution in [-0.4, -0.2) is 64.4 Å². The SMILES string of the molecule is COc1ccc(COc2ccc(CC(=O)Cn3ccnc3)cc2OCc2ccc(OC)cc2)cc1.COc1ccc(COc2ccc(N)cc2OCc2ccc(OC)cc2)cc1.O=C(O)Cn1ccnc1. The fraction of sp³-hybridized carbons (Fsp3) is 0.200. The average Bonchev–Trinajstić information content (AvgIpc) is 4.12. The van der Waals surface area contributed by atoms with Crippen LogP contribution in [0.4, 0.5) is 5.69 Å². The predicted octanol–water partition coefficient (Wildman–Crippen LogP) is 9.28. The molecule has 3 N–H and O–H groups in total. The molecule has 8 rings (SSSR count). The van der Waals surface area contributed by atoms with Crippen molar-refractivity contribution in [3.05, 3.63) is 199 Å². The van der Waals surface area contributed by atoms with Crippen LogP contribution in [0.25, 0.3) is 0 Å². The number of anilines is 1. The highest BCUT2D eigenvalue weighted by Gasteiger charge is 2.13. The van der Waals surface area contributed by atoms with Crippen molar-refractivity contribution in [2.45, 2.75) is 45.9 Å². The van der Waals surface area contributed by atoms with Gasteiger partial charge in [-0.25, -0.2) is 9.97 Å². The van der Waals surface area contributed by atoms with Crippen LogP contribution < -0.4 is 43.6 Å². The molecule has 6 aromatic carbocycles. The molecule has 16 nitrogen and oxygen atoms in total. The van der Waals surface area contributed by atoms with Crippen LogP contribution in [0, 0.1) is 0 Å². The van der Waals surface area contributed by atoms with E-state index in [2.05, 4.69) is 9.97 Å². The highest BCUT2D eigenvalue weighted by atomic mass is 16.5. The van der Waals surface area contributed by atoms with Crippen molar-refractivity contribution >= 4 is 17.4 Å². The molecular formula is C55H57N5O11. The normalized spacial score (nSPS) is 10.3. The van der Waals surface area contributed by atoms with Crippen LogP contribution >= 0.6 is 0 Å². The van der Waals surface area contributed by atoms with Crippen molar-refractivity contribution in [3.63, 3.8) is 0 Å². The Labute approximate surface area is 412 Å². The molecule has 2 aromatic heterocycles. The van der Waals surface area contributed by atoms with E-state index in [0.717, 1.165) is 50.8 Å². The molecule has 0 amide bonds. The number of methoxy groups -OCH3 is 4. The highest BCUT2D eigenvalue weighted by molar-refractivity contribution is 5.81. The molecule has 0 aliphatic rings. The number of Topliss-reactive ketones (excluding diaryl/α,β-unsaturated/α-hetero) is 1. The van der Waals surface area contributed by atoms with Crippen molar-refractivity contribution in [3.8, 4) is 46.0 Å². The number of aromatic nitrogens is 4. The maximum atomic E-state index is 12.5. The number of nitrogen functional groups attached to an aromatic ring is 1. The Morgan fingerprint density at radius 1 is 0.465 bits per heavy atom. The minimum Gasteiger partial charge on any atom is -0.497 e. The first-order valence-electron chi connectivity index (χ1n) is 22.3. The van der Waals surface area contributed by atoms with E-state index in [-0.39, 0.29) is 25.3 Å². The zero-order chi connectivity index (χ0) is 50.2. The summed E-state index contributed by atoms with van der Waals surface area (Å²) in [7, 11) is 6.56. The van der Waals surface area contributed by atoms with E-state index in [1.807, 2.05) is 121 Å². The minimum absolute atomic E-state index is 0.0139. The van der Waals surface area contributed by atoms with E-state index in [1.165, 1.54) is 10.9 Å². The topological polar surface area (TPSA) is 190 Å². The van der Waals surface area contributed by atoms with Gasteiger partial charge in [0.15, 0.2) is 28.8 Å². The van der Waals surface area contributed by atoms with Crippen LogP contribution in [0.1, 0.15) is 27.8 Å². The molecule has 0 unspecified atom stereocenters. The summed E-state index contributed by atoms with van der Waals surface area (Å²) in [4.78, 5) is 30.2. The second-order valence-electron chi connectivity index (χ2n) is 15.6. The van der Waals surface area contributed by atoms with Gasteiger partial charge in [0.1, 0.15) is 56.0 Å². The molecule has 0 bridgehead atoms. The predicted molar refractivity (Wildman–Crippen MR) is 267 cm³/mol. The lowest BCUT2D eigenvalue weighted by Gasteiger charge is -2.15. The smallest absolute Gasteiger partial charge is 0.323 e.